The lowest BCUT2D eigenvalue weighted by atomic mass is 10.4. The van der Waals surface area contributed by atoms with Gasteiger partial charge in [0.2, 0.25) is 0 Å². The first-order chi connectivity index (χ1) is 9.58. The van der Waals surface area contributed by atoms with Crippen molar-refractivity contribution in [2.24, 2.45) is 7.05 Å². The third-order valence-corrected chi connectivity index (χ3v) is 2.98. The van der Waals surface area contributed by atoms with Crippen molar-refractivity contribution in [1.82, 2.24) is 24.3 Å². The molecule has 0 spiro atoms. The van der Waals surface area contributed by atoms with Crippen LogP contribution in [0, 0.1) is 0 Å². The summed E-state index contributed by atoms with van der Waals surface area (Å²) in [5, 5.41) is 7.83. The molecule has 108 valence electrons. The van der Waals surface area contributed by atoms with Gasteiger partial charge in [-0.1, -0.05) is 6.92 Å². The number of esters is 1. The molecule has 20 heavy (non-hydrogen) atoms. The lowest BCUT2D eigenvalue weighted by molar-refractivity contribution is 0.0521. The monoisotopic (exact) mass is 278 g/mol. The fourth-order valence-electron chi connectivity index (χ4n) is 1.90. The molecule has 2 heterocycles. The quantitative estimate of drug-likeness (QED) is 0.793. The van der Waals surface area contributed by atoms with Crippen LogP contribution in [-0.2, 0) is 24.8 Å². The Morgan fingerprint density at radius 3 is 2.70 bits per heavy atom. The molecule has 2 rings (SSSR count). The maximum Gasteiger partial charge on any atom is 0.360 e. The van der Waals surface area contributed by atoms with Crippen molar-refractivity contribution >= 4 is 11.8 Å². The van der Waals surface area contributed by atoms with E-state index in [1.54, 1.807) is 22.4 Å². The third kappa shape index (κ3) is 2.49. The second-order valence-corrected chi connectivity index (χ2v) is 4.28. The molecule has 0 aromatic carbocycles. The molecule has 0 unspecified atom stereocenters. The highest BCUT2D eigenvalue weighted by Gasteiger charge is 2.21. The largest absolute Gasteiger partial charge is 0.461 e. The number of nitrogens with zero attached hydrogens (tertiary/aromatic N) is 5. The highest BCUT2D eigenvalue weighted by atomic mass is 16.5. The number of aryl methyl sites for hydroxylation is 2. The van der Waals surface area contributed by atoms with Gasteiger partial charge in [0.1, 0.15) is 18.0 Å². The second-order valence-electron chi connectivity index (χ2n) is 4.28. The van der Waals surface area contributed by atoms with Crippen LogP contribution in [0.25, 0.3) is 0 Å². The zero-order chi connectivity index (χ0) is 14.7. The van der Waals surface area contributed by atoms with Crippen LogP contribution < -0.4 is 5.73 Å². The molecule has 8 heteroatoms. The Morgan fingerprint density at radius 2 is 2.15 bits per heavy atom. The van der Waals surface area contributed by atoms with Gasteiger partial charge in [0.05, 0.1) is 13.2 Å². The first-order valence-corrected chi connectivity index (χ1v) is 6.43. The van der Waals surface area contributed by atoms with E-state index in [1.165, 1.54) is 0 Å². The number of ether oxygens (including phenoxy) is 1. The minimum absolute atomic E-state index is 0.158. The van der Waals surface area contributed by atoms with Gasteiger partial charge >= 0.3 is 5.97 Å². The van der Waals surface area contributed by atoms with Crippen molar-refractivity contribution in [2.45, 2.75) is 26.8 Å². The van der Waals surface area contributed by atoms with Gasteiger partial charge in [-0.25, -0.2) is 9.78 Å². The fourth-order valence-corrected chi connectivity index (χ4v) is 1.90. The molecular formula is C12H18N6O2. The van der Waals surface area contributed by atoms with E-state index in [4.69, 9.17) is 10.5 Å². The smallest absolute Gasteiger partial charge is 0.360 e. The lowest BCUT2D eigenvalue weighted by Gasteiger charge is -2.08. The number of hydrogen-bond donors (Lipinski definition) is 1. The molecule has 8 nitrogen and oxygen atoms in total. The molecule has 2 aromatic heterocycles. The molecular weight excluding hydrogens is 260 g/mol. The zero-order valence-corrected chi connectivity index (χ0v) is 11.8. The third-order valence-electron chi connectivity index (χ3n) is 2.98. The number of carbonyl (C=O) groups excluding carboxylic acids is 1. The van der Waals surface area contributed by atoms with Crippen LogP contribution >= 0.6 is 0 Å². The minimum Gasteiger partial charge on any atom is -0.461 e. The van der Waals surface area contributed by atoms with E-state index < -0.39 is 5.97 Å². The van der Waals surface area contributed by atoms with Crippen LogP contribution in [0.1, 0.15) is 36.0 Å². The average Bonchev–Trinajstić information content (AvgIpc) is 2.96. The number of rotatable bonds is 5. The molecule has 0 radical (unpaired) electrons. The molecule has 0 atom stereocenters. The van der Waals surface area contributed by atoms with E-state index in [2.05, 4.69) is 15.2 Å². The first kappa shape index (κ1) is 14.0. The molecule has 0 aliphatic carbocycles. The van der Waals surface area contributed by atoms with Gasteiger partial charge in [0.15, 0.2) is 11.5 Å². The summed E-state index contributed by atoms with van der Waals surface area (Å²) in [5.41, 5.74) is 6.18. The summed E-state index contributed by atoms with van der Waals surface area (Å²) in [7, 11) is 1.85. The van der Waals surface area contributed by atoms with Crippen LogP contribution in [0.2, 0.25) is 0 Å². The van der Waals surface area contributed by atoms with Crippen molar-refractivity contribution in [3.63, 3.8) is 0 Å². The topological polar surface area (TPSA) is 101 Å². The number of imidazole rings is 1. The predicted octanol–water partition coefficient (Wildman–Crippen LogP) is 0.381. The highest BCUT2D eigenvalue weighted by molar-refractivity contribution is 5.92. The number of nitrogens with two attached hydrogens (primary N) is 1. The Hall–Kier alpha value is -2.38. The van der Waals surface area contributed by atoms with E-state index in [1.807, 2.05) is 14.0 Å². The number of hydrogen-bond acceptors (Lipinski definition) is 6. The Balaban J connectivity index is 2.37. The van der Waals surface area contributed by atoms with Gasteiger partial charge in [0.25, 0.3) is 0 Å². The van der Waals surface area contributed by atoms with Crippen molar-refractivity contribution in [3.05, 3.63) is 23.7 Å². The summed E-state index contributed by atoms with van der Waals surface area (Å²) in [6, 6.07) is 0. The normalized spacial score (nSPS) is 10.8. The summed E-state index contributed by atoms with van der Waals surface area (Å²) in [4.78, 5) is 16.1. The molecule has 0 saturated heterocycles. The summed E-state index contributed by atoms with van der Waals surface area (Å²) in [6.07, 6.45) is 2.27. The number of carbonyl (C=O) groups is 1. The molecule has 0 saturated carbocycles. The summed E-state index contributed by atoms with van der Waals surface area (Å²) >= 11 is 0. The van der Waals surface area contributed by atoms with E-state index in [0.717, 1.165) is 5.82 Å². The van der Waals surface area contributed by atoms with Crippen LogP contribution in [0.3, 0.4) is 0 Å². The second kappa shape index (κ2) is 5.72. The summed E-state index contributed by atoms with van der Waals surface area (Å²) in [6.45, 7) is 4.39. The summed E-state index contributed by atoms with van der Waals surface area (Å²) < 4.78 is 8.51. The molecule has 0 fully saturated rings. The summed E-state index contributed by atoms with van der Waals surface area (Å²) in [5.74, 6) is 1.24. The molecule has 2 aromatic rings. The molecule has 2 N–H and O–H groups in total. The maximum atomic E-state index is 11.8. The number of nitrogen functional groups attached to an aromatic ring is 1. The van der Waals surface area contributed by atoms with E-state index in [9.17, 15) is 4.79 Å². The Kier molecular flexibility index (Phi) is 4.02. The highest BCUT2D eigenvalue weighted by Crippen LogP contribution is 2.17. The SMILES string of the molecule is CCOC(=O)c1nc(CC)n(Cc2nncn2C)c1N. The van der Waals surface area contributed by atoms with Crippen molar-refractivity contribution in [3.8, 4) is 0 Å². The van der Waals surface area contributed by atoms with Gasteiger partial charge in [0, 0.05) is 13.5 Å². The Labute approximate surface area is 116 Å². The van der Waals surface area contributed by atoms with E-state index in [0.29, 0.717) is 24.6 Å². The number of anilines is 1. The van der Waals surface area contributed by atoms with Crippen LogP contribution in [0.4, 0.5) is 5.82 Å². The standard InChI is InChI=1S/C12H18N6O2/c1-4-8-15-10(12(19)20-5-2)11(13)18(8)6-9-16-14-7-17(9)3/h7H,4-6,13H2,1-3H3. The first-order valence-electron chi connectivity index (χ1n) is 6.43. The van der Waals surface area contributed by atoms with Crippen molar-refractivity contribution < 1.29 is 9.53 Å². The van der Waals surface area contributed by atoms with E-state index in [-0.39, 0.29) is 12.3 Å². The lowest BCUT2D eigenvalue weighted by Crippen LogP contribution is -2.13. The Bertz CT molecular complexity index is 615. The van der Waals surface area contributed by atoms with Crippen LogP contribution in [0.5, 0.6) is 0 Å². The number of aromatic nitrogens is 5. The van der Waals surface area contributed by atoms with Crippen LogP contribution in [0.15, 0.2) is 6.33 Å². The maximum absolute atomic E-state index is 11.8. The van der Waals surface area contributed by atoms with Crippen molar-refractivity contribution in [2.75, 3.05) is 12.3 Å². The van der Waals surface area contributed by atoms with E-state index >= 15 is 0 Å². The Morgan fingerprint density at radius 1 is 1.40 bits per heavy atom. The fraction of sp³-hybridized carbons (Fsp3) is 0.500. The zero-order valence-electron chi connectivity index (χ0n) is 11.8. The molecule has 0 bridgehead atoms. The molecule has 0 aliphatic heterocycles. The van der Waals surface area contributed by atoms with Gasteiger partial charge in [-0.2, -0.15) is 0 Å². The molecule has 0 amide bonds. The minimum atomic E-state index is -0.503. The average molecular weight is 278 g/mol. The predicted molar refractivity (Wildman–Crippen MR) is 72.1 cm³/mol. The van der Waals surface area contributed by atoms with Crippen molar-refractivity contribution in [1.29, 1.82) is 0 Å². The van der Waals surface area contributed by atoms with Crippen LogP contribution in [-0.4, -0.2) is 36.9 Å². The van der Waals surface area contributed by atoms with Gasteiger partial charge < -0.3 is 19.6 Å². The van der Waals surface area contributed by atoms with Gasteiger partial charge in [-0.15, -0.1) is 10.2 Å². The van der Waals surface area contributed by atoms with Gasteiger partial charge in [-0.3, -0.25) is 0 Å². The molecule has 0 aliphatic rings. The van der Waals surface area contributed by atoms with Gasteiger partial charge in [-0.05, 0) is 6.92 Å².